The van der Waals surface area contributed by atoms with E-state index in [-0.39, 0.29) is 17.2 Å². The predicted molar refractivity (Wildman–Crippen MR) is 121 cm³/mol. The fourth-order valence-electron chi connectivity index (χ4n) is 3.71. The molecule has 0 bridgehead atoms. The van der Waals surface area contributed by atoms with Crippen LogP contribution in [-0.2, 0) is 26.8 Å². The zero-order chi connectivity index (χ0) is 22.6. The monoisotopic (exact) mass is 444 g/mol. The normalized spacial score (nSPS) is 16.1. The predicted octanol–water partition coefficient (Wildman–Crippen LogP) is 3.71. The second-order valence-electron chi connectivity index (χ2n) is 9.02. The summed E-state index contributed by atoms with van der Waals surface area (Å²) in [6, 6.07) is 14.7. The summed E-state index contributed by atoms with van der Waals surface area (Å²) < 4.78 is 32.6. The lowest BCUT2D eigenvalue weighted by molar-refractivity contribution is -0.126. The van der Waals surface area contributed by atoms with Gasteiger partial charge in [0.25, 0.3) is 0 Å². The Kier molecular flexibility index (Phi) is 7.06. The molecule has 0 radical (unpaired) electrons. The standard InChI is InChI=1S/C24H32N2O4S/c1-24(2,3)20-7-11-22(12-8-20)31(28,29)26-15-13-19(14-16-26)23(27)25-17-18-5-9-21(30-4)10-6-18/h5-12,19H,13-17H2,1-4H3,(H,25,27). The largest absolute Gasteiger partial charge is 0.497 e. The molecule has 6 nitrogen and oxygen atoms in total. The zero-order valence-electron chi connectivity index (χ0n) is 18.7. The van der Waals surface area contributed by atoms with Crippen molar-refractivity contribution in [1.82, 2.24) is 9.62 Å². The molecule has 3 rings (SSSR count). The van der Waals surface area contributed by atoms with Crippen molar-refractivity contribution in [1.29, 1.82) is 0 Å². The highest BCUT2D eigenvalue weighted by Gasteiger charge is 2.32. The zero-order valence-corrected chi connectivity index (χ0v) is 19.5. The molecule has 1 aliphatic heterocycles. The van der Waals surface area contributed by atoms with Crippen LogP contribution in [0.15, 0.2) is 53.4 Å². The van der Waals surface area contributed by atoms with Crippen molar-refractivity contribution in [3.63, 3.8) is 0 Å². The van der Waals surface area contributed by atoms with Crippen LogP contribution in [0.4, 0.5) is 0 Å². The summed E-state index contributed by atoms with van der Waals surface area (Å²) in [5, 5.41) is 2.96. The Morgan fingerprint density at radius 1 is 1.03 bits per heavy atom. The Morgan fingerprint density at radius 2 is 1.61 bits per heavy atom. The molecule has 0 spiro atoms. The number of hydrogen-bond donors (Lipinski definition) is 1. The third kappa shape index (κ3) is 5.66. The maximum atomic E-state index is 13.0. The minimum absolute atomic E-state index is 0.0256. The summed E-state index contributed by atoms with van der Waals surface area (Å²) in [6.45, 7) is 7.44. The minimum atomic E-state index is -3.55. The van der Waals surface area contributed by atoms with Crippen LogP contribution in [0.3, 0.4) is 0 Å². The molecule has 0 unspecified atom stereocenters. The smallest absolute Gasteiger partial charge is 0.243 e. The van der Waals surface area contributed by atoms with Crippen LogP contribution in [0.5, 0.6) is 5.75 Å². The van der Waals surface area contributed by atoms with Crippen LogP contribution in [0.1, 0.15) is 44.7 Å². The maximum Gasteiger partial charge on any atom is 0.243 e. The number of carbonyl (C=O) groups excluding carboxylic acids is 1. The van der Waals surface area contributed by atoms with Gasteiger partial charge in [0.15, 0.2) is 0 Å². The number of ether oxygens (including phenoxy) is 1. The molecule has 1 heterocycles. The van der Waals surface area contributed by atoms with E-state index in [0.717, 1.165) is 16.9 Å². The van der Waals surface area contributed by atoms with Crippen LogP contribution < -0.4 is 10.1 Å². The molecule has 1 saturated heterocycles. The molecule has 2 aromatic carbocycles. The average molecular weight is 445 g/mol. The molecule has 2 aromatic rings. The number of nitrogens with zero attached hydrogens (tertiary/aromatic N) is 1. The van der Waals surface area contributed by atoms with E-state index >= 15 is 0 Å². The first kappa shape index (κ1) is 23.3. The second-order valence-corrected chi connectivity index (χ2v) is 11.0. The van der Waals surface area contributed by atoms with Crippen molar-refractivity contribution < 1.29 is 17.9 Å². The van der Waals surface area contributed by atoms with Crippen molar-refractivity contribution >= 4 is 15.9 Å². The third-order valence-electron chi connectivity index (χ3n) is 5.81. The van der Waals surface area contributed by atoms with Crippen LogP contribution in [0.25, 0.3) is 0 Å². The molecule has 7 heteroatoms. The van der Waals surface area contributed by atoms with Gasteiger partial charge in [0, 0.05) is 25.6 Å². The number of rotatable bonds is 6. The quantitative estimate of drug-likeness (QED) is 0.737. The van der Waals surface area contributed by atoms with Gasteiger partial charge in [-0.25, -0.2) is 8.42 Å². The van der Waals surface area contributed by atoms with Gasteiger partial charge in [-0.2, -0.15) is 4.31 Å². The number of methoxy groups -OCH3 is 1. The van der Waals surface area contributed by atoms with Crippen LogP contribution in [0, 0.1) is 5.92 Å². The first-order valence-electron chi connectivity index (χ1n) is 10.6. The Morgan fingerprint density at radius 3 is 2.13 bits per heavy atom. The third-order valence-corrected chi connectivity index (χ3v) is 7.72. The van der Waals surface area contributed by atoms with Gasteiger partial charge in [0.2, 0.25) is 15.9 Å². The summed E-state index contributed by atoms with van der Waals surface area (Å²) >= 11 is 0. The summed E-state index contributed by atoms with van der Waals surface area (Å²) in [5.74, 6) is 0.576. The fraction of sp³-hybridized carbons (Fsp3) is 0.458. The lowest BCUT2D eigenvalue weighted by Crippen LogP contribution is -2.42. The van der Waals surface area contributed by atoms with E-state index < -0.39 is 10.0 Å². The fourth-order valence-corrected chi connectivity index (χ4v) is 5.18. The summed E-state index contributed by atoms with van der Waals surface area (Å²) in [6.07, 6.45) is 1.04. The Bertz CT molecular complexity index is 985. The van der Waals surface area contributed by atoms with Crippen LogP contribution >= 0.6 is 0 Å². The van der Waals surface area contributed by atoms with Crippen LogP contribution in [-0.4, -0.2) is 38.8 Å². The van der Waals surface area contributed by atoms with Gasteiger partial charge in [-0.3, -0.25) is 4.79 Å². The van der Waals surface area contributed by atoms with Gasteiger partial charge < -0.3 is 10.1 Å². The van der Waals surface area contributed by atoms with E-state index in [1.807, 2.05) is 36.4 Å². The van der Waals surface area contributed by atoms with Gasteiger partial charge in [-0.05, 0) is 53.6 Å². The van der Waals surface area contributed by atoms with Crippen molar-refractivity contribution in [3.8, 4) is 5.75 Å². The number of sulfonamides is 1. The van der Waals surface area contributed by atoms with Crippen molar-refractivity contribution in [2.75, 3.05) is 20.2 Å². The highest BCUT2D eigenvalue weighted by atomic mass is 32.2. The van der Waals surface area contributed by atoms with Gasteiger partial charge in [-0.1, -0.05) is 45.0 Å². The molecule has 168 valence electrons. The number of hydrogen-bond acceptors (Lipinski definition) is 4. The summed E-state index contributed by atoms with van der Waals surface area (Å²) in [7, 11) is -1.93. The lowest BCUT2D eigenvalue weighted by Gasteiger charge is -2.30. The number of benzene rings is 2. The number of carbonyl (C=O) groups is 1. The van der Waals surface area contributed by atoms with Gasteiger partial charge in [0.05, 0.1) is 12.0 Å². The molecule has 0 aliphatic carbocycles. The molecule has 0 aromatic heterocycles. The van der Waals surface area contributed by atoms with E-state index in [2.05, 4.69) is 26.1 Å². The van der Waals surface area contributed by atoms with Gasteiger partial charge in [-0.15, -0.1) is 0 Å². The number of piperidine rings is 1. The molecular formula is C24H32N2O4S. The highest BCUT2D eigenvalue weighted by molar-refractivity contribution is 7.89. The maximum absolute atomic E-state index is 13.0. The average Bonchev–Trinajstić information content (AvgIpc) is 2.77. The summed E-state index contributed by atoms with van der Waals surface area (Å²) in [4.78, 5) is 12.9. The minimum Gasteiger partial charge on any atom is -0.497 e. The van der Waals surface area contributed by atoms with E-state index in [1.54, 1.807) is 19.2 Å². The molecule has 1 N–H and O–H groups in total. The van der Waals surface area contributed by atoms with Crippen LogP contribution in [0.2, 0.25) is 0 Å². The summed E-state index contributed by atoms with van der Waals surface area (Å²) in [5.41, 5.74) is 2.06. The van der Waals surface area contributed by atoms with Gasteiger partial charge in [0.1, 0.15) is 5.75 Å². The second kappa shape index (κ2) is 9.40. The first-order valence-corrected chi connectivity index (χ1v) is 12.1. The molecule has 0 atom stereocenters. The molecule has 0 saturated carbocycles. The topological polar surface area (TPSA) is 75.7 Å². The van der Waals surface area contributed by atoms with Crippen molar-refractivity contribution in [2.24, 2.45) is 5.92 Å². The Labute approximate surface area is 185 Å². The Hall–Kier alpha value is -2.38. The number of nitrogens with one attached hydrogen (secondary N) is 1. The molecule has 31 heavy (non-hydrogen) atoms. The highest BCUT2D eigenvalue weighted by Crippen LogP contribution is 2.27. The van der Waals surface area contributed by atoms with E-state index in [4.69, 9.17) is 4.74 Å². The van der Waals surface area contributed by atoms with Crippen molar-refractivity contribution in [2.45, 2.75) is 50.5 Å². The number of amides is 1. The van der Waals surface area contributed by atoms with E-state index in [0.29, 0.717) is 37.4 Å². The van der Waals surface area contributed by atoms with E-state index in [9.17, 15) is 13.2 Å². The molecular weight excluding hydrogens is 412 g/mol. The molecule has 1 aliphatic rings. The molecule has 1 fully saturated rings. The Balaban J connectivity index is 1.54. The van der Waals surface area contributed by atoms with Crippen molar-refractivity contribution in [3.05, 3.63) is 59.7 Å². The lowest BCUT2D eigenvalue weighted by atomic mass is 9.87. The molecule has 1 amide bonds. The first-order chi connectivity index (χ1) is 14.6. The SMILES string of the molecule is COc1ccc(CNC(=O)C2CCN(S(=O)(=O)c3ccc(C(C)(C)C)cc3)CC2)cc1. The van der Waals surface area contributed by atoms with E-state index in [1.165, 1.54) is 4.31 Å². The van der Waals surface area contributed by atoms with Gasteiger partial charge >= 0.3 is 0 Å².